The topological polar surface area (TPSA) is 136 Å². The highest BCUT2D eigenvalue weighted by molar-refractivity contribution is 5.93. The van der Waals surface area contributed by atoms with E-state index in [-0.39, 0.29) is 12.8 Å². The Balaban J connectivity index is 1.83. The first-order valence-corrected chi connectivity index (χ1v) is 11.4. The van der Waals surface area contributed by atoms with Crippen LogP contribution in [-0.2, 0) is 28.9 Å². The lowest BCUT2D eigenvalue weighted by molar-refractivity contribution is -0.129. The third kappa shape index (κ3) is 7.03. The van der Waals surface area contributed by atoms with Crippen LogP contribution >= 0.6 is 0 Å². The van der Waals surface area contributed by atoms with E-state index in [0.717, 1.165) is 24.2 Å². The average molecular weight is 483 g/mol. The summed E-state index contributed by atoms with van der Waals surface area (Å²) in [6, 6.07) is 9.84. The van der Waals surface area contributed by atoms with Crippen LogP contribution in [0.3, 0.4) is 0 Å². The standard InChI is InChI=1S/C25H30N4O6/c1-3-4-7-22-26-15-21(29(22)16-17-8-10-18(11-9-17)25(32)34-2)24(31)27-19(14-23(30)28-33)13-20-6-5-12-35-20/h5-6,8-12,15,19,33H,3-4,7,13-14,16H2,1-2H3,(H,27,31)(H,28,30)/t19-/m1/s1. The molecule has 10 heteroatoms. The lowest BCUT2D eigenvalue weighted by atomic mass is 10.1. The van der Waals surface area contributed by atoms with Crippen molar-refractivity contribution in [1.82, 2.24) is 20.3 Å². The van der Waals surface area contributed by atoms with Gasteiger partial charge < -0.3 is 19.0 Å². The zero-order chi connectivity index (χ0) is 25.2. The third-order valence-electron chi connectivity index (χ3n) is 5.56. The monoisotopic (exact) mass is 482 g/mol. The smallest absolute Gasteiger partial charge is 0.337 e. The summed E-state index contributed by atoms with van der Waals surface area (Å²) in [4.78, 5) is 41.3. The maximum Gasteiger partial charge on any atom is 0.337 e. The highest BCUT2D eigenvalue weighted by Gasteiger charge is 2.23. The molecule has 35 heavy (non-hydrogen) atoms. The van der Waals surface area contributed by atoms with Gasteiger partial charge in [0.05, 0.1) is 25.1 Å². The Labute approximate surface area is 203 Å². The molecule has 1 aromatic carbocycles. The Kier molecular flexibility index (Phi) is 9.19. The fourth-order valence-electron chi connectivity index (χ4n) is 3.73. The van der Waals surface area contributed by atoms with Gasteiger partial charge in [-0.05, 0) is 36.2 Å². The molecule has 0 radical (unpaired) electrons. The Morgan fingerprint density at radius 1 is 1.20 bits per heavy atom. The van der Waals surface area contributed by atoms with Crippen molar-refractivity contribution >= 4 is 17.8 Å². The molecule has 0 saturated heterocycles. The van der Waals surface area contributed by atoms with E-state index in [1.807, 2.05) is 16.7 Å². The largest absolute Gasteiger partial charge is 0.469 e. The number of aryl methyl sites for hydroxylation is 1. The van der Waals surface area contributed by atoms with Crippen LogP contribution in [0.15, 0.2) is 53.3 Å². The number of nitrogens with one attached hydrogen (secondary N) is 2. The molecular weight excluding hydrogens is 452 g/mol. The van der Waals surface area contributed by atoms with Crippen molar-refractivity contribution in [2.24, 2.45) is 0 Å². The van der Waals surface area contributed by atoms with E-state index in [2.05, 4.69) is 17.2 Å². The molecule has 0 aliphatic carbocycles. The molecule has 0 bridgehead atoms. The second-order valence-corrected chi connectivity index (χ2v) is 8.13. The summed E-state index contributed by atoms with van der Waals surface area (Å²) >= 11 is 0. The molecule has 3 N–H and O–H groups in total. The molecule has 0 aliphatic rings. The number of hydroxylamine groups is 1. The third-order valence-corrected chi connectivity index (χ3v) is 5.56. The van der Waals surface area contributed by atoms with Crippen LogP contribution in [0, 0.1) is 0 Å². The number of furan rings is 1. The number of amides is 2. The number of esters is 1. The molecule has 0 saturated carbocycles. The van der Waals surface area contributed by atoms with E-state index in [1.165, 1.54) is 19.6 Å². The first-order chi connectivity index (χ1) is 16.9. The fourth-order valence-corrected chi connectivity index (χ4v) is 3.73. The van der Waals surface area contributed by atoms with Crippen molar-refractivity contribution in [2.75, 3.05) is 7.11 Å². The zero-order valence-corrected chi connectivity index (χ0v) is 19.8. The second-order valence-electron chi connectivity index (χ2n) is 8.13. The molecule has 0 aliphatic heterocycles. The number of benzene rings is 1. The average Bonchev–Trinajstić information content (AvgIpc) is 3.52. The van der Waals surface area contributed by atoms with Gasteiger partial charge in [0.15, 0.2) is 0 Å². The van der Waals surface area contributed by atoms with Crippen LogP contribution in [0.25, 0.3) is 0 Å². The molecule has 10 nitrogen and oxygen atoms in total. The summed E-state index contributed by atoms with van der Waals surface area (Å²) in [7, 11) is 1.33. The van der Waals surface area contributed by atoms with E-state index >= 15 is 0 Å². The van der Waals surface area contributed by atoms with Crippen LogP contribution in [-0.4, -0.2) is 45.7 Å². The van der Waals surface area contributed by atoms with Gasteiger partial charge in [-0.25, -0.2) is 15.3 Å². The number of imidazole rings is 1. The number of aromatic nitrogens is 2. The van der Waals surface area contributed by atoms with Gasteiger partial charge in [0.25, 0.3) is 5.91 Å². The van der Waals surface area contributed by atoms with Gasteiger partial charge >= 0.3 is 5.97 Å². The quantitative estimate of drug-likeness (QED) is 0.205. The number of methoxy groups -OCH3 is 1. The van der Waals surface area contributed by atoms with Crippen molar-refractivity contribution in [1.29, 1.82) is 0 Å². The zero-order valence-electron chi connectivity index (χ0n) is 19.8. The van der Waals surface area contributed by atoms with Gasteiger partial charge in [0.2, 0.25) is 5.91 Å². The second kappa shape index (κ2) is 12.5. The summed E-state index contributed by atoms with van der Waals surface area (Å²) in [5.41, 5.74) is 3.28. The molecule has 0 spiro atoms. The molecule has 1 atom stereocenters. The molecule has 186 valence electrons. The predicted octanol–water partition coefficient (Wildman–Crippen LogP) is 2.89. The van der Waals surface area contributed by atoms with Crippen LogP contribution in [0.4, 0.5) is 0 Å². The summed E-state index contributed by atoms with van der Waals surface area (Å²) < 4.78 is 11.9. The molecule has 0 unspecified atom stereocenters. The molecule has 3 aromatic rings. The number of hydrogen-bond acceptors (Lipinski definition) is 7. The van der Waals surface area contributed by atoms with Crippen molar-refractivity contribution in [3.8, 4) is 0 Å². The Morgan fingerprint density at radius 3 is 2.60 bits per heavy atom. The first-order valence-electron chi connectivity index (χ1n) is 11.4. The molecule has 3 rings (SSSR count). The van der Waals surface area contributed by atoms with Crippen LogP contribution in [0.2, 0.25) is 0 Å². The van der Waals surface area contributed by atoms with Crippen molar-refractivity contribution in [2.45, 2.75) is 51.6 Å². The summed E-state index contributed by atoms with van der Waals surface area (Å²) in [6.07, 6.45) is 5.78. The van der Waals surface area contributed by atoms with Gasteiger partial charge in [-0.3, -0.25) is 14.8 Å². The van der Waals surface area contributed by atoms with E-state index in [1.54, 1.807) is 29.7 Å². The van der Waals surface area contributed by atoms with Crippen LogP contribution < -0.4 is 10.8 Å². The van der Waals surface area contributed by atoms with Crippen molar-refractivity contribution in [3.05, 3.63) is 77.3 Å². The van der Waals surface area contributed by atoms with E-state index < -0.39 is 23.8 Å². The first kappa shape index (κ1) is 25.7. The minimum atomic E-state index is -0.621. The number of ether oxygens (including phenoxy) is 1. The molecule has 0 fully saturated rings. The van der Waals surface area contributed by atoms with Gasteiger partial charge in [-0.2, -0.15) is 0 Å². The minimum Gasteiger partial charge on any atom is -0.469 e. The van der Waals surface area contributed by atoms with E-state index in [0.29, 0.717) is 30.0 Å². The highest BCUT2D eigenvalue weighted by atomic mass is 16.5. The summed E-state index contributed by atoms with van der Waals surface area (Å²) in [6.45, 7) is 2.46. The van der Waals surface area contributed by atoms with Crippen LogP contribution in [0.5, 0.6) is 0 Å². The molecule has 2 heterocycles. The fraction of sp³-hybridized carbons (Fsp3) is 0.360. The number of hydrogen-bond donors (Lipinski definition) is 3. The van der Waals surface area contributed by atoms with Crippen molar-refractivity contribution in [3.63, 3.8) is 0 Å². The van der Waals surface area contributed by atoms with E-state index in [9.17, 15) is 14.4 Å². The number of unbranched alkanes of at least 4 members (excludes halogenated alkanes) is 1. The molecule has 2 aromatic heterocycles. The number of carbonyl (C=O) groups is 3. The highest BCUT2D eigenvalue weighted by Crippen LogP contribution is 2.15. The minimum absolute atomic E-state index is 0.130. The van der Waals surface area contributed by atoms with Gasteiger partial charge in [0.1, 0.15) is 17.3 Å². The number of nitrogens with zero attached hydrogens (tertiary/aromatic N) is 2. The maximum atomic E-state index is 13.3. The lowest BCUT2D eigenvalue weighted by Crippen LogP contribution is -2.40. The van der Waals surface area contributed by atoms with Crippen molar-refractivity contribution < 1.29 is 28.7 Å². The number of carbonyl (C=O) groups excluding carboxylic acids is 3. The van der Waals surface area contributed by atoms with Gasteiger partial charge in [-0.1, -0.05) is 25.5 Å². The Hall–Kier alpha value is -3.92. The molecule has 2 amide bonds. The lowest BCUT2D eigenvalue weighted by Gasteiger charge is -2.18. The molecular formula is C25H30N4O6. The van der Waals surface area contributed by atoms with E-state index in [4.69, 9.17) is 14.4 Å². The van der Waals surface area contributed by atoms with Gasteiger partial charge in [0, 0.05) is 31.8 Å². The Morgan fingerprint density at radius 2 is 1.97 bits per heavy atom. The normalized spacial score (nSPS) is 11.6. The summed E-state index contributed by atoms with van der Waals surface area (Å²) in [5.74, 6) is -0.0653. The van der Waals surface area contributed by atoms with Crippen LogP contribution in [0.1, 0.15) is 64.2 Å². The Bertz CT molecular complexity index is 1120. The maximum absolute atomic E-state index is 13.3. The van der Waals surface area contributed by atoms with Gasteiger partial charge in [-0.15, -0.1) is 0 Å². The number of rotatable bonds is 12. The summed E-state index contributed by atoms with van der Waals surface area (Å²) in [5, 5.41) is 11.8. The SMILES string of the molecule is CCCCc1ncc(C(=O)N[C@@H](CC(=O)NO)Cc2ccco2)n1Cc1ccc(C(=O)OC)cc1. The predicted molar refractivity (Wildman–Crippen MR) is 126 cm³/mol.